The first-order valence-electron chi connectivity index (χ1n) is 4.43. The number of rotatable bonds is 5. The number of methoxy groups -OCH3 is 1. The number of ether oxygens (including phenoxy) is 2. The van der Waals surface area contributed by atoms with Crippen LogP contribution >= 0.6 is 11.6 Å². The zero-order chi connectivity index (χ0) is 11.3. The van der Waals surface area contributed by atoms with Gasteiger partial charge in [0.25, 0.3) is 0 Å². The van der Waals surface area contributed by atoms with Crippen molar-refractivity contribution in [2.24, 2.45) is 0 Å². The Bertz CT molecular complexity index is 316. The molecule has 5 heteroatoms. The second-order valence-electron chi connectivity index (χ2n) is 2.92. The fourth-order valence-corrected chi connectivity index (χ4v) is 1.24. The largest absolute Gasteiger partial charge is 0.493 e. The minimum atomic E-state index is -0.925. The van der Waals surface area contributed by atoms with Crippen LogP contribution in [0.2, 0.25) is 5.02 Å². The number of aliphatic hydroxyl groups excluding tert-OH is 2. The van der Waals surface area contributed by atoms with E-state index in [2.05, 4.69) is 0 Å². The molecule has 15 heavy (non-hydrogen) atoms. The number of para-hydroxylation sites is 1. The standard InChI is InChI=1S/C10H13ClO4/c1-14-9-4-2-3-8(11)10(9)15-6-7(13)5-12/h2-4,7,12-13H,5-6H2,1H3/t7-/m1/s1. The predicted molar refractivity (Wildman–Crippen MR) is 56.6 cm³/mol. The van der Waals surface area contributed by atoms with Crippen LogP contribution in [-0.4, -0.2) is 36.6 Å². The molecule has 0 aliphatic carbocycles. The lowest BCUT2D eigenvalue weighted by Gasteiger charge is -2.13. The number of hydrogen-bond donors (Lipinski definition) is 2. The van der Waals surface area contributed by atoms with Gasteiger partial charge in [-0.2, -0.15) is 0 Å². The molecule has 0 unspecified atom stereocenters. The molecule has 1 aromatic rings. The maximum Gasteiger partial charge on any atom is 0.179 e. The average molecular weight is 233 g/mol. The molecule has 0 aliphatic rings. The number of hydrogen-bond acceptors (Lipinski definition) is 4. The SMILES string of the molecule is COc1cccc(Cl)c1OC[C@H](O)CO. The van der Waals surface area contributed by atoms with Crippen LogP contribution in [0.15, 0.2) is 18.2 Å². The van der Waals surface area contributed by atoms with E-state index in [1.54, 1.807) is 18.2 Å². The molecule has 0 aromatic heterocycles. The van der Waals surface area contributed by atoms with Crippen molar-refractivity contribution in [1.82, 2.24) is 0 Å². The Kier molecular flexibility index (Phi) is 4.68. The van der Waals surface area contributed by atoms with Crippen LogP contribution in [0.4, 0.5) is 0 Å². The van der Waals surface area contributed by atoms with Gasteiger partial charge in [-0.25, -0.2) is 0 Å². The number of aliphatic hydroxyl groups is 2. The summed E-state index contributed by atoms with van der Waals surface area (Å²) in [6, 6.07) is 5.09. The quantitative estimate of drug-likeness (QED) is 0.798. The summed E-state index contributed by atoms with van der Waals surface area (Å²) in [4.78, 5) is 0. The van der Waals surface area contributed by atoms with E-state index < -0.39 is 6.10 Å². The minimum Gasteiger partial charge on any atom is -0.493 e. The maximum absolute atomic E-state index is 9.11. The van der Waals surface area contributed by atoms with Crippen molar-refractivity contribution in [3.63, 3.8) is 0 Å². The molecule has 1 atom stereocenters. The molecule has 2 N–H and O–H groups in total. The summed E-state index contributed by atoms with van der Waals surface area (Å²) in [6.07, 6.45) is -0.925. The summed E-state index contributed by atoms with van der Waals surface area (Å²) in [6.45, 7) is -0.386. The van der Waals surface area contributed by atoms with Crippen molar-refractivity contribution < 1.29 is 19.7 Å². The summed E-state index contributed by atoms with van der Waals surface area (Å²) >= 11 is 5.89. The second kappa shape index (κ2) is 5.80. The smallest absolute Gasteiger partial charge is 0.179 e. The fraction of sp³-hybridized carbons (Fsp3) is 0.400. The van der Waals surface area contributed by atoms with Gasteiger partial charge >= 0.3 is 0 Å². The van der Waals surface area contributed by atoms with E-state index in [-0.39, 0.29) is 13.2 Å². The third-order valence-electron chi connectivity index (χ3n) is 1.78. The summed E-state index contributed by atoms with van der Waals surface area (Å²) in [5.41, 5.74) is 0. The van der Waals surface area contributed by atoms with Crippen molar-refractivity contribution in [2.75, 3.05) is 20.3 Å². The van der Waals surface area contributed by atoms with E-state index in [9.17, 15) is 0 Å². The molecular formula is C10H13ClO4. The molecule has 1 rings (SSSR count). The van der Waals surface area contributed by atoms with Gasteiger partial charge in [0.2, 0.25) is 0 Å². The lowest BCUT2D eigenvalue weighted by Crippen LogP contribution is -2.21. The lowest BCUT2D eigenvalue weighted by molar-refractivity contribution is 0.0527. The summed E-state index contributed by atoms with van der Waals surface area (Å²) in [5.74, 6) is 0.863. The van der Waals surface area contributed by atoms with E-state index in [1.165, 1.54) is 7.11 Å². The molecule has 0 bridgehead atoms. The Hall–Kier alpha value is -0.970. The first-order valence-corrected chi connectivity index (χ1v) is 4.81. The van der Waals surface area contributed by atoms with E-state index in [0.717, 1.165) is 0 Å². The number of halogens is 1. The Morgan fingerprint density at radius 2 is 2.20 bits per heavy atom. The molecule has 0 saturated heterocycles. The van der Waals surface area contributed by atoms with Gasteiger partial charge in [-0.1, -0.05) is 17.7 Å². The Balaban J connectivity index is 2.74. The van der Waals surface area contributed by atoms with Gasteiger partial charge in [0.1, 0.15) is 12.7 Å². The van der Waals surface area contributed by atoms with Crippen LogP contribution in [-0.2, 0) is 0 Å². The molecule has 0 fully saturated rings. The highest BCUT2D eigenvalue weighted by Gasteiger charge is 2.11. The van der Waals surface area contributed by atoms with Gasteiger partial charge in [0, 0.05) is 0 Å². The van der Waals surface area contributed by atoms with Crippen LogP contribution < -0.4 is 9.47 Å². The van der Waals surface area contributed by atoms with Gasteiger partial charge < -0.3 is 19.7 Å². The molecular weight excluding hydrogens is 220 g/mol. The first kappa shape index (κ1) is 12.1. The van der Waals surface area contributed by atoms with Crippen LogP contribution in [0.1, 0.15) is 0 Å². The van der Waals surface area contributed by atoms with Crippen LogP contribution in [0, 0.1) is 0 Å². The molecule has 0 amide bonds. The highest BCUT2D eigenvalue weighted by Crippen LogP contribution is 2.34. The molecule has 0 spiro atoms. The zero-order valence-corrected chi connectivity index (χ0v) is 9.07. The Labute approximate surface area is 93.0 Å². The van der Waals surface area contributed by atoms with Crippen molar-refractivity contribution >= 4 is 11.6 Å². The topological polar surface area (TPSA) is 58.9 Å². The Morgan fingerprint density at radius 3 is 2.80 bits per heavy atom. The van der Waals surface area contributed by atoms with E-state index >= 15 is 0 Å². The molecule has 1 aromatic carbocycles. The third-order valence-corrected chi connectivity index (χ3v) is 2.08. The normalized spacial score (nSPS) is 12.3. The van der Waals surface area contributed by atoms with Crippen LogP contribution in [0.25, 0.3) is 0 Å². The lowest BCUT2D eigenvalue weighted by atomic mass is 10.3. The van der Waals surface area contributed by atoms with Crippen molar-refractivity contribution in [3.8, 4) is 11.5 Å². The van der Waals surface area contributed by atoms with E-state index in [1.807, 2.05) is 0 Å². The molecule has 0 saturated carbocycles. The van der Waals surface area contributed by atoms with Gasteiger partial charge in [-0.3, -0.25) is 0 Å². The van der Waals surface area contributed by atoms with Crippen LogP contribution in [0.3, 0.4) is 0 Å². The summed E-state index contributed by atoms with van der Waals surface area (Å²) < 4.78 is 10.3. The first-order chi connectivity index (χ1) is 7.19. The fourth-order valence-electron chi connectivity index (χ4n) is 1.02. The summed E-state index contributed by atoms with van der Waals surface area (Å²) in [5, 5.41) is 18.1. The van der Waals surface area contributed by atoms with E-state index in [0.29, 0.717) is 16.5 Å². The maximum atomic E-state index is 9.11. The van der Waals surface area contributed by atoms with Crippen molar-refractivity contribution in [2.45, 2.75) is 6.10 Å². The minimum absolute atomic E-state index is 0.0312. The van der Waals surface area contributed by atoms with Crippen molar-refractivity contribution in [3.05, 3.63) is 23.2 Å². The van der Waals surface area contributed by atoms with Gasteiger partial charge in [0.15, 0.2) is 11.5 Å². The average Bonchev–Trinajstić information content (AvgIpc) is 2.26. The third kappa shape index (κ3) is 3.27. The molecule has 84 valence electrons. The predicted octanol–water partition coefficient (Wildman–Crippen LogP) is 1.08. The second-order valence-corrected chi connectivity index (χ2v) is 3.33. The van der Waals surface area contributed by atoms with Crippen molar-refractivity contribution in [1.29, 1.82) is 0 Å². The molecule has 0 aliphatic heterocycles. The zero-order valence-electron chi connectivity index (χ0n) is 8.31. The van der Waals surface area contributed by atoms with Gasteiger partial charge in [-0.05, 0) is 12.1 Å². The highest BCUT2D eigenvalue weighted by atomic mass is 35.5. The van der Waals surface area contributed by atoms with Crippen LogP contribution in [0.5, 0.6) is 11.5 Å². The molecule has 4 nitrogen and oxygen atoms in total. The highest BCUT2D eigenvalue weighted by molar-refractivity contribution is 6.32. The number of benzene rings is 1. The monoisotopic (exact) mass is 232 g/mol. The van der Waals surface area contributed by atoms with Gasteiger partial charge in [-0.15, -0.1) is 0 Å². The summed E-state index contributed by atoms with van der Waals surface area (Å²) in [7, 11) is 1.50. The molecule has 0 radical (unpaired) electrons. The molecule has 0 heterocycles. The van der Waals surface area contributed by atoms with E-state index in [4.69, 9.17) is 31.3 Å². The Morgan fingerprint density at radius 1 is 1.47 bits per heavy atom. The van der Waals surface area contributed by atoms with Gasteiger partial charge in [0.05, 0.1) is 18.7 Å².